The van der Waals surface area contributed by atoms with Crippen molar-refractivity contribution in [3.63, 3.8) is 0 Å². The van der Waals surface area contributed by atoms with E-state index in [1.165, 1.54) is 31.4 Å². The molecule has 3 nitrogen and oxygen atoms in total. The molecule has 0 amide bonds. The molecule has 1 fully saturated rings. The van der Waals surface area contributed by atoms with Gasteiger partial charge < -0.3 is 5.11 Å². The van der Waals surface area contributed by atoms with Crippen molar-refractivity contribution in [2.75, 3.05) is 5.75 Å². The summed E-state index contributed by atoms with van der Waals surface area (Å²) in [6, 6.07) is 0.198. The van der Waals surface area contributed by atoms with Gasteiger partial charge in [-0.25, -0.2) is 0 Å². The first kappa shape index (κ1) is 18.8. The van der Waals surface area contributed by atoms with E-state index in [2.05, 4.69) is 24.0 Å². The molecule has 3 atom stereocenters. The fourth-order valence-electron chi connectivity index (χ4n) is 3.24. The quantitative estimate of drug-likeness (QED) is 0.623. The molecular weight excluding hydrogens is 282 g/mol. The van der Waals surface area contributed by atoms with Gasteiger partial charge in [-0.15, -0.1) is 0 Å². The first-order valence-electron chi connectivity index (χ1n) is 8.46. The lowest BCUT2D eigenvalue weighted by molar-refractivity contribution is -0.144. The van der Waals surface area contributed by atoms with Crippen LogP contribution < -0.4 is 5.32 Å². The lowest BCUT2D eigenvalue weighted by Crippen LogP contribution is -2.52. The lowest BCUT2D eigenvalue weighted by atomic mass is 9.91. The van der Waals surface area contributed by atoms with Crippen molar-refractivity contribution >= 4 is 17.7 Å². The highest BCUT2D eigenvalue weighted by molar-refractivity contribution is 7.99. The highest BCUT2D eigenvalue weighted by Crippen LogP contribution is 2.32. The summed E-state index contributed by atoms with van der Waals surface area (Å²) in [7, 11) is 0. The molecule has 0 aliphatic heterocycles. The van der Waals surface area contributed by atoms with E-state index in [0.29, 0.717) is 6.42 Å². The van der Waals surface area contributed by atoms with Crippen LogP contribution in [0.4, 0.5) is 0 Å². The molecular formula is C17H33NO2S. The maximum absolute atomic E-state index is 11.4. The highest BCUT2D eigenvalue weighted by atomic mass is 32.2. The summed E-state index contributed by atoms with van der Waals surface area (Å²) in [6.07, 6.45) is 8.34. The van der Waals surface area contributed by atoms with Gasteiger partial charge in [0.05, 0.1) is 0 Å². The fourth-order valence-corrected chi connectivity index (χ4v) is 4.74. The van der Waals surface area contributed by atoms with Gasteiger partial charge in [0.15, 0.2) is 0 Å². The Hall–Kier alpha value is -0.220. The number of rotatable bonds is 9. The first-order valence-corrected chi connectivity index (χ1v) is 9.51. The predicted octanol–water partition coefficient (Wildman–Crippen LogP) is 4.31. The Morgan fingerprint density at radius 1 is 1.38 bits per heavy atom. The zero-order valence-corrected chi connectivity index (χ0v) is 15.0. The molecule has 21 heavy (non-hydrogen) atoms. The van der Waals surface area contributed by atoms with Crippen molar-refractivity contribution < 1.29 is 9.90 Å². The van der Waals surface area contributed by atoms with Gasteiger partial charge in [0, 0.05) is 11.3 Å². The van der Waals surface area contributed by atoms with Crippen LogP contribution in [-0.2, 0) is 4.79 Å². The van der Waals surface area contributed by atoms with Gasteiger partial charge in [-0.05, 0) is 58.1 Å². The van der Waals surface area contributed by atoms with E-state index >= 15 is 0 Å². The summed E-state index contributed by atoms with van der Waals surface area (Å²) in [5, 5.41) is 13.4. The van der Waals surface area contributed by atoms with E-state index in [-0.39, 0.29) is 6.04 Å². The Balaban J connectivity index is 2.21. The molecule has 0 radical (unpaired) electrons. The molecule has 4 heteroatoms. The van der Waals surface area contributed by atoms with Crippen LogP contribution in [0.2, 0.25) is 0 Å². The van der Waals surface area contributed by atoms with Crippen molar-refractivity contribution in [2.45, 2.75) is 89.5 Å². The summed E-state index contributed by atoms with van der Waals surface area (Å²) in [5.74, 6) is 1.33. The Morgan fingerprint density at radius 3 is 2.67 bits per heavy atom. The normalized spacial score (nSPS) is 25.8. The zero-order valence-electron chi connectivity index (χ0n) is 14.2. The highest BCUT2D eigenvalue weighted by Gasteiger charge is 2.32. The number of aliphatic carboxylic acids is 1. The second-order valence-corrected chi connectivity index (χ2v) is 8.57. The van der Waals surface area contributed by atoms with Gasteiger partial charge in [-0.2, -0.15) is 11.8 Å². The standard InChI is InChI=1S/C17H33NO2S/c1-13(2)18-17(4,16(19)20)10-5-6-11-21-15-9-7-8-14(3)12-15/h13-15,18H,5-12H2,1-4H3,(H,19,20). The van der Waals surface area contributed by atoms with Gasteiger partial charge in [-0.3, -0.25) is 10.1 Å². The molecule has 0 aromatic heterocycles. The van der Waals surface area contributed by atoms with Crippen LogP contribution in [0.5, 0.6) is 0 Å². The van der Waals surface area contributed by atoms with Crippen molar-refractivity contribution in [2.24, 2.45) is 5.92 Å². The van der Waals surface area contributed by atoms with E-state index in [1.54, 1.807) is 0 Å². The SMILES string of the molecule is CC1CCCC(SCCCCC(C)(NC(C)C)C(=O)O)C1. The van der Waals surface area contributed by atoms with Gasteiger partial charge in [0.1, 0.15) is 5.54 Å². The molecule has 2 N–H and O–H groups in total. The average molecular weight is 316 g/mol. The molecule has 1 aliphatic rings. The first-order chi connectivity index (χ1) is 9.83. The summed E-state index contributed by atoms with van der Waals surface area (Å²) >= 11 is 2.11. The van der Waals surface area contributed by atoms with Crippen molar-refractivity contribution in [3.8, 4) is 0 Å². The number of hydrogen-bond donors (Lipinski definition) is 2. The van der Waals surface area contributed by atoms with E-state index < -0.39 is 11.5 Å². The Bertz CT molecular complexity index is 322. The van der Waals surface area contributed by atoms with Crippen LogP contribution in [-0.4, -0.2) is 33.7 Å². The molecule has 3 unspecified atom stereocenters. The largest absolute Gasteiger partial charge is 0.480 e. The van der Waals surface area contributed by atoms with Crippen molar-refractivity contribution in [1.29, 1.82) is 0 Å². The van der Waals surface area contributed by atoms with E-state index in [1.807, 2.05) is 20.8 Å². The summed E-state index contributed by atoms with van der Waals surface area (Å²) in [4.78, 5) is 11.4. The van der Waals surface area contributed by atoms with Gasteiger partial charge in [0.2, 0.25) is 0 Å². The molecule has 0 spiro atoms. The van der Waals surface area contributed by atoms with Crippen LogP contribution in [0.15, 0.2) is 0 Å². The monoisotopic (exact) mass is 315 g/mol. The smallest absolute Gasteiger partial charge is 0.323 e. The van der Waals surface area contributed by atoms with Gasteiger partial charge >= 0.3 is 5.97 Å². The van der Waals surface area contributed by atoms with Crippen molar-refractivity contribution in [3.05, 3.63) is 0 Å². The number of thioether (sulfide) groups is 1. The van der Waals surface area contributed by atoms with Gasteiger partial charge in [0.25, 0.3) is 0 Å². The predicted molar refractivity (Wildman–Crippen MR) is 92.0 cm³/mol. The van der Waals surface area contributed by atoms with Crippen LogP contribution in [0, 0.1) is 5.92 Å². The molecule has 124 valence electrons. The second kappa shape index (κ2) is 9.04. The number of carbonyl (C=O) groups is 1. The summed E-state index contributed by atoms with van der Waals surface area (Å²) in [5.41, 5.74) is -0.780. The Morgan fingerprint density at radius 2 is 2.10 bits per heavy atom. The molecule has 1 rings (SSSR count). The van der Waals surface area contributed by atoms with Crippen LogP contribution in [0.25, 0.3) is 0 Å². The maximum atomic E-state index is 11.4. The topological polar surface area (TPSA) is 49.3 Å². The molecule has 1 aliphatic carbocycles. The zero-order chi connectivity index (χ0) is 15.9. The van der Waals surface area contributed by atoms with E-state index in [9.17, 15) is 9.90 Å². The Labute approximate surface area is 134 Å². The van der Waals surface area contributed by atoms with Crippen LogP contribution in [0.1, 0.15) is 72.6 Å². The number of hydrogen-bond acceptors (Lipinski definition) is 3. The van der Waals surface area contributed by atoms with Crippen molar-refractivity contribution in [1.82, 2.24) is 5.32 Å². The van der Waals surface area contributed by atoms with E-state index in [0.717, 1.165) is 24.0 Å². The molecule has 0 bridgehead atoms. The third kappa shape index (κ3) is 7.05. The minimum atomic E-state index is -0.780. The molecule has 0 aromatic rings. The summed E-state index contributed by atoms with van der Waals surface area (Å²) < 4.78 is 0. The second-order valence-electron chi connectivity index (χ2n) is 7.16. The van der Waals surface area contributed by atoms with E-state index in [4.69, 9.17) is 0 Å². The lowest BCUT2D eigenvalue weighted by Gasteiger charge is -2.29. The minimum Gasteiger partial charge on any atom is -0.480 e. The van der Waals surface area contributed by atoms with Crippen LogP contribution >= 0.6 is 11.8 Å². The number of carboxylic acid groups (broad SMARTS) is 1. The number of nitrogens with one attached hydrogen (secondary N) is 1. The molecule has 1 saturated carbocycles. The molecule has 0 heterocycles. The van der Waals surface area contributed by atoms with Gasteiger partial charge in [-0.1, -0.05) is 26.2 Å². The van der Waals surface area contributed by atoms with Crippen LogP contribution in [0.3, 0.4) is 0 Å². The molecule has 0 aromatic carbocycles. The number of carboxylic acids is 1. The molecule has 0 saturated heterocycles. The average Bonchev–Trinajstić information content (AvgIpc) is 2.37. The number of unbranched alkanes of at least 4 members (excludes halogenated alkanes) is 1. The third-order valence-electron chi connectivity index (χ3n) is 4.39. The fraction of sp³-hybridized carbons (Fsp3) is 0.941. The maximum Gasteiger partial charge on any atom is 0.323 e. The Kier molecular flexibility index (Phi) is 8.10. The third-order valence-corrected chi connectivity index (χ3v) is 5.82. The summed E-state index contributed by atoms with van der Waals surface area (Å²) in [6.45, 7) is 8.18. The minimum absolute atomic E-state index is 0.198.